The molecule has 25 heavy (non-hydrogen) atoms. The van der Waals surface area contributed by atoms with Crippen LogP contribution in [0.2, 0.25) is 0 Å². The predicted molar refractivity (Wildman–Crippen MR) is 99.8 cm³/mol. The van der Waals surface area contributed by atoms with E-state index in [1.807, 2.05) is 39.0 Å². The monoisotopic (exact) mass is 339 g/mol. The average molecular weight is 339 g/mol. The Labute approximate surface area is 148 Å². The van der Waals surface area contributed by atoms with Crippen molar-refractivity contribution < 1.29 is 4.79 Å². The zero-order valence-corrected chi connectivity index (χ0v) is 15.1. The molecule has 1 N–H and O–H groups in total. The van der Waals surface area contributed by atoms with Gasteiger partial charge in [-0.15, -0.1) is 0 Å². The molecule has 3 rings (SSSR count). The maximum atomic E-state index is 12.6. The van der Waals surface area contributed by atoms with Crippen LogP contribution in [0.1, 0.15) is 18.1 Å². The van der Waals surface area contributed by atoms with Crippen LogP contribution in [0.25, 0.3) is 0 Å². The van der Waals surface area contributed by atoms with E-state index >= 15 is 0 Å². The van der Waals surface area contributed by atoms with Crippen LogP contribution in [-0.2, 0) is 4.79 Å². The molecule has 1 atom stereocenters. The minimum Gasteiger partial charge on any atom is -0.338 e. The molecule has 6 nitrogen and oxygen atoms in total. The van der Waals surface area contributed by atoms with Crippen molar-refractivity contribution in [3.63, 3.8) is 0 Å². The first kappa shape index (κ1) is 17.4. The highest BCUT2D eigenvalue weighted by Gasteiger charge is 2.26. The van der Waals surface area contributed by atoms with Gasteiger partial charge in [-0.25, -0.2) is 9.97 Å². The van der Waals surface area contributed by atoms with Gasteiger partial charge in [0, 0.05) is 44.3 Å². The van der Waals surface area contributed by atoms with E-state index in [4.69, 9.17) is 0 Å². The lowest BCUT2D eigenvalue weighted by Crippen LogP contribution is -2.53. The summed E-state index contributed by atoms with van der Waals surface area (Å²) in [6.07, 6.45) is 3.52. The molecule has 1 amide bonds. The maximum absolute atomic E-state index is 12.6. The van der Waals surface area contributed by atoms with Gasteiger partial charge in [-0.05, 0) is 44.0 Å². The highest BCUT2D eigenvalue weighted by Crippen LogP contribution is 2.18. The number of hydrogen-bond acceptors (Lipinski definition) is 5. The molecule has 6 heteroatoms. The van der Waals surface area contributed by atoms with Crippen molar-refractivity contribution in [2.45, 2.75) is 26.8 Å². The summed E-state index contributed by atoms with van der Waals surface area (Å²) in [5.41, 5.74) is 3.12. The van der Waals surface area contributed by atoms with Crippen molar-refractivity contribution in [2.75, 3.05) is 36.4 Å². The summed E-state index contributed by atoms with van der Waals surface area (Å²) in [5.74, 6) is 0.799. The number of carbonyl (C=O) groups is 1. The van der Waals surface area contributed by atoms with Crippen LogP contribution in [-0.4, -0.2) is 53.0 Å². The molecule has 0 spiro atoms. The van der Waals surface area contributed by atoms with E-state index in [2.05, 4.69) is 31.2 Å². The van der Waals surface area contributed by atoms with Gasteiger partial charge in [0.1, 0.15) is 0 Å². The van der Waals surface area contributed by atoms with Gasteiger partial charge in [-0.3, -0.25) is 9.69 Å². The summed E-state index contributed by atoms with van der Waals surface area (Å²) < 4.78 is 0. The summed E-state index contributed by atoms with van der Waals surface area (Å²) in [4.78, 5) is 25.6. The van der Waals surface area contributed by atoms with Gasteiger partial charge in [0.25, 0.3) is 0 Å². The Morgan fingerprint density at radius 2 is 1.80 bits per heavy atom. The largest absolute Gasteiger partial charge is 0.338 e. The summed E-state index contributed by atoms with van der Waals surface area (Å²) in [5, 5.41) is 3.07. The number of piperazine rings is 1. The molecule has 132 valence electrons. The van der Waals surface area contributed by atoms with Gasteiger partial charge in [0.05, 0.1) is 6.04 Å². The Morgan fingerprint density at radius 3 is 2.48 bits per heavy atom. The van der Waals surface area contributed by atoms with Gasteiger partial charge in [-0.1, -0.05) is 12.1 Å². The van der Waals surface area contributed by atoms with E-state index in [1.54, 1.807) is 12.4 Å². The minimum absolute atomic E-state index is 0.0399. The number of aryl methyl sites for hydroxylation is 2. The molecule has 0 bridgehead atoms. The molecule has 2 aromatic rings. The molecule has 0 radical (unpaired) electrons. The fraction of sp³-hybridized carbons (Fsp3) is 0.421. The van der Waals surface area contributed by atoms with Gasteiger partial charge in [-0.2, -0.15) is 0 Å². The Kier molecular flexibility index (Phi) is 5.28. The number of carbonyl (C=O) groups excluding carboxylic acids is 1. The molecule has 1 aromatic heterocycles. The van der Waals surface area contributed by atoms with Crippen LogP contribution >= 0.6 is 0 Å². The van der Waals surface area contributed by atoms with Crippen LogP contribution in [0.5, 0.6) is 0 Å². The third kappa shape index (κ3) is 4.14. The van der Waals surface area contributed by atoms with Crippen molar-refractivity contribution in [1.82, 2.24) is 14.9 Å². The normalized spacial score (nSPS) is 16.5. The number of benzene rings is 1. The number of aromatic nitrogens is 2. The maximum Gasteiger partial charge on any atom is 0.241 e. The zero-order valence-electron chi connectivity index (χ0n) is 15.1. The number of amides is 1. The molecule has 1 fully saturated rings. The van der Waals surface area contributed by atoms with E-state index in [-0.39, 0.29) is 11.9 Å². The molecule has 1 aromatic carbocycles. The first-order valence-corrected chi connectivity index (χ1v) is 8.69. The van der Waals surface area contributed by atoms with Gasteiger partial charge < -0.3 is 10.2 Å². The van der Waals surface area contributed by atoms with E-state index < -0.39 is 0 Å². The number of hydrogen-bond donors (Lipinski definition) is 1. The second kappa shape index (κ2) is 7.61. The van der Waals surface area contributed by atoms with Crippen molar-refractivity contribution >= 4 is 17.5 Å². The third-order valence-corrected chi connectivity index (χ3v) is 4.73. The van der Waals surface area contributed by atoms with Gasteiger partial charge in [0.15, 0.2) is 0 Å². The Balaban J connectivity index is 1.57. The van der Waals surface area contributed by atoms with Crippen LogP contribution in [0.3, 0.4) is 0 Å². The molecule has 0 aliphatic carbocycles. The van der Waals surface area contributed by atoms with Crippen molar-refractivity contribution in [2.24, 2.45) is 0 Å². The lowest BCUT2D eigenvalue weighted by atomic mass is 10.1. The van der Waals surface area contributed by atoms with E-state index in [0.717, 1.165) is 48.9 Å². The molecule has 0 saturated carbocycles. The first-order chi connectivity index (χ1) is 12.0. The SMILES string of the molecule is Cc1ccc(C)c(NC(=O)[C@@H](C)N2CCN(c3ncccn3)CC2)c1. The smallest absolute Gasteiger partial charge is 0.241 e. The number of nitrogens with one attached hydrogen (secondary N) is 1. The van der Waals surface area contributed by atoms with Crippen LogP contribution in [0.15, 0.2) is 36.7 Å². The highest BCUT2D eigenvalue weighted by molar-refractivity contribution is 5.95. The lowest BCUT2D eigenvalue weighted by Gasteiger charge is -2.37. The second-order valence-electron chi connectivity index (χ2n) is 6.56. The highest BCUT2D eigenvalue weighted by atomic mass is 16.2. The fourth-order valence-corrected chi connectivity index (χ4v) is 3.04. The Bertz CT molecular complexity index is 726. The standard InChI is InChI=1S/C19H25N5O/c1-14-5-6-15(2)17(13-14)22-18(25)16(3)23-9-11-24(12-10-23)19-20-7-4-8-21-19/h4-8,13,16H,9-12H2,1-3H3,(H,22,25)/t16-/m1/s1. The Hall–Kier alpha value is -2.47. The van der Waals surface area contributed by atoms with Crippen LogP contribution in [0.4, 0.5) is 11.6 Å². The van der Waals surface area contributed by atoms with E-state index in [9.17, 15) is 4.79 Å². The Morgan fingerprint density at radius 1 is 1.12 bits per heavy atom. The predicted octanol–water partition coefficient (Wildman–Crippen LogP) is 2.24. The minimum atomic E-state index is -0.168. The number of rotatable bonds is 4. The van der Waals surface area contributed by atoms with E-state index in [0.29, 0.717) is 0 Å². The molecule has 0 unspecified atom stereocenters. The van der Waals surface area contributed by atoms with Gasteiger partial charge in [0.2, 0.25) is 11.9 Å². The third-order valence-electron chi connectivity index (χ3n) is 4.73. The number of anilines is 2. The summed E-state index contributed by atoms with van der Waals surface area (Å²) in [7, 11) is 0. The molecule has 2 heterocycles. The van der Waals surface area contributed by atoms with Crippen LogP contribution < -0.4 is 10.2 Å². The molecule has 1 saturated heterocycles. The first-order valence-electron chi connectivity index (χ1n) is 8.69. The second-order valence-corrected chi connectivity index (χ2v) is 6.56. The van der Waals surface area contributed by atoms with Crippen molar-refractivity contribution in [3.05, 3.63) is 47.8 Å². The zero-order chi connectivity index (χ0) is 17.8. The van der Waals surface area contributed by atoms with Crippen molar-refractivity contribution in [1.29, 1.82) is 0 Å². The van der Waals surface area contributed by atoms with E-state index in [1.165, 1.54) is 0 Å². The summed E-state index contributed by atoms with van der Waals surface area (Å²) in [6.45, 7) is 9.30. The molecular formula is C19H25N5O. The van der Waals surface area contributed by atoms with Gasteiger partial charge >= 0.3 is 0 Å². The quantitative estimate of drug-likeness (QED) is 0.926. The molecule has 1 aliphatic heterocycles. The summed E-state index contributed by atoms with van der Waals surface area (Å²) >= 11 is 0. The topological polar surface area (TPSA) is 61.4 Å². The number of nitrogens with zero attached hydrogens (tertiary/aromatic N) is 4. The van der Waals surface area contributed by atoms with Crippen LogP contribution in [0, 0.1) is 13.8 Å². The summed E-state index contributed by atoms with van der Waals surface area (Å²) in [6, 6.07) is 7.76. The molecular weight excluding hydrogens is 314 g/mol. The van der Waals surface area contributed by atoms with Crippen molar-refractivity contribution in [3.8, 4) is 0 Å². The average Bonchev–Trinajstić information content (AvgIpc) is 2.65. The lowest BCUT2D eigenvalue weighted by molar-refractivity contribution is -0.120. The molecule has 1 aliphatic rings. The fourth-order valence-electron chi connectivity index (χ4n) is 3.04.